The molecule has 0 amide bonds. The summed E-state index contributed by atoms with van der Waals surface area (Å²) < 4.78 is 0. The van der Waals surface area contributed by atoms with E-state index in [1.54, 1.807) is 16.6 Å². The molecule has 1 fully saturated rings. The fraction of sp³-hybridized carbons (Fsp3) is 0.377. The molecule has 3 heterocycles. The lowest BCUT2D eigenvalue weighted by atomic mass is 9.30. The van der Waals surface area contributed by atoms with Gasteiger partial charge in [-0.05, 0) is 146 Å². The van der Waals surface area contributed by atoms with E-state index in [9.17, 15) is 0 Å². The summed E-state index contributed by atoms with van der Waals surface area (Å²) in [6.45, 7) is 27.5. The number of rotatable bonds is 3. The Morgan fingerprint density at radius 2 is 1.11 bits per heavy atom. The molecule has 64 heavy (non-hydrogen) atoms. The Bertz CT molecular complexity index is 2980. The molecular weight excluding hydrogens is 771 g/mol. The summed E-state index contributed by atoms with van der Waals surface area (Å²) in [5.41, 5.74) is 25.5. The Morgan fingerprint density at radius 3 is 1.73 bits per heavy atom. The topological polar surface area (TPSA) is 6.48 Å². The van der Waals surface area contributed by atoms with Crippen LogP contribution in [0, 0.1) is 0 Å². The van der Waals surface area contributed by atoms with E-state index in [2.05, 4.69) is 207 Å². The Labute approximate surface area is 383 Å². The minimum atomic E-state index is -0.240. The molecule has 2 nitrogen and oxygen atoms in total. The van der Waals surface area contributed by atoms with Crippen molar-refractivity contribution < 1.29 is 0 Å². The maximum absolute atomic E-state index is 2.92. The van der Waals surface area contributed by atoms with E-state index < -0.39 is 0 Å². The van der Waals surface area contributed by atoms with Crippen LogP contribution in [0.5, 0.6) is 0 Å². The van der Waals surface area contributed by atoms with Crippen LogP contribution in [-0.4, -0.2) is 12.3 Å². The number of fused-ring (bicyclic) bond motifs is 9. The Balaban J connectivity index is 1.25. The lowest BCUT2D eigenvalue weighted by molar-refractivity contribution is 0.195. The van der Waals surface area contributed by atoms with Gasteiger partial charge in [0.15, 0.2) is 0 Å². The SMILES string of the molecule is CC(C)(C)c1ccc(N2C3=C(B4c5cc(-c6ccccc6)cc6c5N(c5cc(-c7ccccc7)cc2c54)C2(C)CCCCC62C)C(C)(C)c2cc4c(cc23)C(C)(C)CCC4(C)C)cc1. The van der Waals surface area contributed by atoms with Gasteiger partial charge in [-0.2, -0.15) is 0 Å². The van der Waals surface area contributed by atoms with E-state index in [0.29, 0.717) is 0 Å². The van der Waals surface area contributed by atoms with Crippen LogP contribution in [0.15, 0.2) is 127 Å². The molecule has 3 aliphatic heterocycles. The molecular formula is C61H65BN2. The van der Waals surface area contributed by atoms with Gasteiger partial charge in [0.05, 0.1) is 5.54 Å². The van der Waals surface area contributed by atoms with Crippen LogP contribution in [0.25, 0.3) is 28.0 Å². The molecule has 6 aromatic carbocycles. The van der Waals surface area contributed by atoms with Gasteiger partial charge < -0.3 is 9.80 Å². The molecule has 6 aliphatic rings. The largest absolute Gasteiger partial charge is 0.335 e. The zero-order valence-corrected chi connectivity index (χ0v) is 40.3. The first-order valence-corrected chi connectivity index (χ1v) is 24.5. The molecule has 0 bridgehead atoms. The second-order valence-corrected chi connectivity index (χ2v) is 23.9. The van der Waals surface area contributed by atoms with E-state index in [4.69, 9.17) is 0 Å². The number of benzene rings is 6. The average Bonchev–Trinajstić information content (AvgIpc) is 3.63. The molecule has 2 atom stereocenters. The standard InChI is InChI=1S/C61H65BN2/c1-56(2,3)42-24-26-43(27-25-42)63-50-34-41(39-22-16-13-17-23-39)35-51-52(50)62(55-53(63)44-36-46-47(37-45(44)59(55,8)9)58(6,7)31-30-57(46,4)5)49-33-40(38-20-14-12-15-21-38)32-48-54(49)64(51)61(11)29-19-18-28-60(48,61)10/h12-17,20-27,32-37H,18-19,28-31H2,1-11H3. The maximum atomic E-state index is 2.92. The first-order chi connectivity index (χ1) is 30.3. The van der Waals surface area contributed by atoms with Crippen LogP contribution >= 0.6 is 0 Å². The molecule has 322 valence electrons. The van der Waals surface area contributed by atoms with Crippen molar-refractivity contribution in [2.24, 2.45) is 0 Å². The van der Waals surface area contributed by atoms with Crippen LogP contribution < -0.4 is 20.7 Å². The quantitative estimate of drug-likeness (QED) is 0.164. The lowest BCUT2D eigenvalue weighted by Crippen LogP contribution is -2.62. The summed E-state index contributed by atoms with van der Waals surface area (Å²) in [6, 6.07) is 48.0. The van der Waals surface area contributed by atoms with Crippen LogP contribution in [0.4, 0.5) is 22.7 Å². The van der Waals surface area contributed by atoms with E-state index in [-0.39, 0.29) is 39.3 Å². The fourth-order valence-electron chi connectivity index (χ4n) is 13.9. The van der Waals surface area contributed by atoms with Crippen LogP contribution in [0.3, 0.4) is 0 Å². The number of hydrogen-bond donors (Lipinski definition) is 0. The highest BCUT2D eigenvalue weighted by molar-refractivity contribution is 6.96. The molecule has 0 N–H and O–H groups in total. The third-order valence-electron chi connectivity index (χ3n) is 18.0. The van der Waals surface area contributed by atoms with Gasteiger partial charge in [0.1, 0.15) is 0 Å². The molecule has 1 saturated carbocycles. The summed E-state index contributed by atoms with van der Waals surface area (Å²) in [7, 11) is 0. The van der Waals surface area contributed by atoms with Gasteiger partial charge in [-0.15, -0.1) is 0 Å². The molecule has 2 unspecified atom stereocenters. The van der Waals surface area contributed by atoms with E-state index in [1.807, 2.05) is 0 Å². The average molecular weight is 837 g/mol. The van der Waals surface area contributed by atoms with Gasteiger partial charge >= 0.3 is 0 Å². The van der Waals surface area contributed by atoms with Crippen molar-refractivity contribution >= 4 is 46.1 Å². The van der Waals surface area contributed by atoms with Gasteiger partial charge in [-0.3, -0.25) is 0 Å². The minimum Gasteiger partial charge on any atom is -0.335 e. The molecule has 0 saturated heterocycles. The normalized spacial score (nSPS) is 23.8. The molecule has 12 rings (SSSR count). The Morgan fingerprint density at radius 1 is 0.531 bits per heavy atom. The van der Waals surface area contributed by atoms with Gasteiger partial charge in [0.25, 0.3) is 0 Å². The van der Waals surface area contributed by atoms with E-state index in [0.717, 1.165) is 0 Å². The number of hydrogen-bond acceptors (Lipinski definition) is 2. The van der Waals surface area contributed by atoms with E-state index in [1.165, 1.54) is 122 Å². The highest BCUT2D eigenvalue weighted by Crippen LogP contribution is 2.65. The predicted molar refractivity (Wildman–Crippen MR) is 274 cm³/mol. The first kappa shape index (κ1) is 40.3. The zero-order chi connectivity index (χ0) is 44.5. The monoisotopic (exact) mass is 837 g/mol. The van der Waals surface area contributed by atoms with Crippen molar-refractivity contribution in [1.29, 1.82) is 0 Å². The first-order valence-electron chi connectivity index (χ1n) is 24.5. The highest BCUT2D eigenvalue weighted by atomic mass is 15.3. The molecule has 0 aromatic heterocycles. The Kier molecular flexibility index (Phi) is 8.15. The third kappa shape index (κ3) is 5.22. The molecule has 0 spiro atoms. The van der Waals surface area contributed by atoms with Crippen molar-refractivity contribution in [3.63, 3.8) is 0 Å². The van der Waals surface area contributed by atoms with Gasteiger partial charge in [0, 0.05) is 44.8 Å². The molecule has 3 heteroatoms. The smallest absolute Gasteiger partial charge is 0.248 e. The molecule has 3 aliphatic carbocycles. The van der Waals surface area contributed by atoms with Crippen LogP contribution in [0.1, 0.15) is 148 Å². The van der Waals surface area contributed by atoms with Crippen molar-refractivity contribution in [1.82, 2.24) is 0 Å². The summed E-state index contributed by atoms with van der Waals surface area (Å²) in [4.78, 5) is 5.66. The van der Waals surface area contributed by atoms with E-state index >= 15 is 0 Å². The minimum absolute atomic E-state index is 0.00663. The number of allylic oxidation sites excluding steroid dienone is 1. The summed E-state index contributed by atoms with van der Waals surface area (Å²) >= 11 is 0. The van der Waals surface area contributed by atoms with Crippen molar-refractivity contribution in [2.45, 2.75) is 147 Å². The second kappa shape index (κ2) is 13.0. The summed E-state index contributed by atoms with van der Waals surface area (Å²) in [5, 5.41) is 0. The van der Waals surface area contributed by atoms with Crippen molar-refractivity contribution in [2.75, 3.05) is 9.80 Å². The molecule has 6 aromatic rings. The van der Waals surface area contributed by atoms with Gasteiger partial charge in [-0.25, -0.2) is 0 Å². The van der Waals surface area contributed by atoms with Crippen LogP contribution in [-0.2, 0) is 27.1 Å². The summed E-state index contributed by atoms with van der Waals surface area (Å²) in [5.74, 6) is 0. The van der Waals surface area contributed by atoms with Crippen molar-refractivity contribution in [3.05, 3.63) is 160 Å². The van der Waals surface area contributed by atoms with Gasteiger partial charge in [0.2, 0.25) is 6.71 Å². The maximum Gasteiger partial charge on any atom is 0.248 e. The predicted octanol–water partition coefficient (Wildman–Crippen LogP) is 14.7. The second-order valence-electron chi connectivity index (χ2n) is 23.9. The number of anilines is 4. The fourth-order valence-corrected chi connectivity index (χ4v) is 13.9. The highest BCUT2D eigenvalue weighted by Gasteiger charge is 2.63. The summed E-state index contributed by atoms with van der Waals surface area (Å²) in [6.07, 6.45) is 7.29. The van der Waals surface area contributed by atoms with Crippen LogP contribution in [0.2, 0.25) is 0 Å². The third-order valence-corrected chi connectivity index (χ3v) is 18.0. The molecule has 0 radical (unpaired) electrons. The van der Waals surface area contributed by atoms with Gasteiger partial charge in [-0.1, -0.05) is 172 Å². The Hall–Kier alpha value is -5.28. The lowest BCUT2D eigenvalue weighted by Gasteiger charge is -2.53. The number of nitrogens with zero attached hydrogens (tertiary/aromatic N) is 2. The zero-order valence-electron chi connectivity index (χ0n) is 40.3. The van der Waals surface area contributed by atoms with Crippen molar-refractivity contribution in [3.8, 4) is 22.3 Å².